The molecule has 0 aromatic carbocycles. The van der Waals surface area contributed by atoms with Crippen molar-refractivity contribution in [1.29, 1.82) is 0 Å². The van der Waals surface area contributed by atoms with Crippen LogP contribution in [0.2, 0.25) is 0 Å². The Hall–Kier alpha value is 0.440. The highest BCUT2D eigenvalue weighted by Gasteiger charge is 2.37. The average Bonchev–Trinajstić information content (AvgIpc) is 2.46. The van der Waals surface area contributed by atoms with Crippen LogP contribution in [0.5, 0.6) is 0 Å². The van der Waals surface area contributed by atoms with Gasteiger partial charge in [0.15, 0.2) is 0 Å². The summed E-state index contributed by atoms with van der Waals surface area (Å²) in [7, 11) is 4.47. The molecule has 0 amide bonds. The van der Waals surface area contributed by atoms with Gasteiger partial charge in [0.05, 0.1) is 0 Å². The molecule has 1 fully saturated rings. The van der Waals surface area contributed by atoms with Crippen LogP contribution in [0.15, 0.2) is 0 Å². The predicted octanol–water partition coefficient (Wildman–Crippen LogP) is 3.51. The van der Waals surface area contributed by atoms with E-state index >= 15 is 0 Å². The normalized spacial score (nSPS) is 28.8. The van der Waals surface area contributed by atoms with Crippen molar-refractivity contribution >= 4 is 25.3 Å². The van der Waals surface area contributed by atoms with E-state index in [-0.39, 0.29) is 8.22 Å². The Kier molecular flexibility index (Phi) is 5.79. The monoisotopic (exact) mass is 260 g/mol. The molecule has 2 atom stereocenters. The Bertz CT molecular complexity index is 233. The summed E-state index contributed by atoms with van der Waals surface area (Å²) in [6.07, 6.45) is 4.75. The topological polar surface area (TPSA) is 6.48 Å². The lowest BCUT2D eigenvalue weighted by Gasteiger charge is -2.26. The maximum Gasteiger partial charge on any atom is 0.0395 e. The van der Waals surface area contributed by atoms with Crippen molar-refractivity contribution in [2.75, 3.05) is 20.3 Å². The molecule has 1 aliphatic rings. The molecule has 1 aliphatic heterocycles. The van der Waals surface area contributed by atoms with Gasteiger partial charge >= 0.3 is 0 Å². The quantitative estimate of drug-likeness (QED) is 0.552. The van der Waals surface area contributed by atoms with E-state index in [0.717, 1.165) is 12.8 Å². The molecule has 2 nitrogen and oxygen atoms in total. The van der Waals surface area contributed by atoms with E-state index in [4.69, 9.17) is 12.2 Å². The predicted molar refractivity (Wildman–Crippen MR) is 78.4 cm³/mol. The lowest BCUT2D eigenvalue weighted by atomic mass is 10.2. The number of nitrogens with zero attached hydrogens (tertiary/aromatic N) is 2. The summed E-state index contributed by atoms with van der Waals surface area (Å²) in [5.41, 5.74) is 0. The molecule has 0 saturated carbocycles. The van der Waals surface area contributed by atoms with Crippen LogP contribution >= 0.6 is 20.4 Å². The molecule has 16 heavy (non-hydrogen) atoms. The Labute approximate surface area is 107 Å². The molecule has 1 rings (SSSR count). The average molecular weight is 260 g/mol. The molecule has 0 unspecified atom stereocenters. The third-order valence-electron chi connectivity index (χ3n) is 3.81. The Morgan fingerprint density at radius 2 is 1.69 bits per heavy atom. The van der Waals surface area contributed by atoms with E-state index in [2.05, 4.69) is 44.2 Å². The summed E-state index contributed by atoms with van der Waals surface area (Å²) < 4.78 is 5.13. The van der Waals surface area contributed by atoms with Crippen molar-refractivity contribution in [2.24, 2.45) is 0 Å². The van der Waals surface area contributed by atoms with Crippen LogP contribution < -0.4 is 0 Å². The molecule has 0 aromatic rings. The highest BCUT2D eigenvalue weighted by atomic mass is 32.1. The van der Waals surface area contributed by atoms with Crippen LogP contribution in [0.3, 0.4) is 0 Å². The molecule has 0 aliphatic carbocycles. The van der Waals surface area contributed by atoms with Crippen LogP contribution in [-0.2, 0) is 0 Å². The van der Waals surface area contributed by atoms with E-state index in [0.29, 0.717) is 12.1 Å². The zero-order valence-corrected chi connectivity index (χ0v) is 12.9. The zero-order chi connectivity index (χ0) is 12.3. The lowest BCUT2D eigenvalue weighted by Crippen LogP contribution is -2.29. The summed E-state index contributed by atoms with van der Waals surface area (Å²) in [5.74, 6) is 0. The first-order valence-corrected chi connectivity index (χ1v) is 8.07. The van der Waals surface area contributed by atoms with Crippen molar-refractivity contribution in [3.63, 3.8) is 0 Å². The summed E-state index contributed by atoms with van der Waals surface area (Å²) >= 11 is 5.28. The van der Waals surface area contributed by atoms with Crippen molar-refractivity contribution < 1.29 is 0 Å². The van der Waals surface area contributed by atoms with Gasteiger partial charge in [0.1, 0.15) is 0 Å². The molecule has 94 valence electrons. The van der Waals surface area contributed by atoms with Crippen molar-refractivity contribution in [3.8, 4) is 0 Å². The minimum Gasteiger partial charge on any atom is -0.269 e. The van der Waals surface area contributed by atoms with Crippen LogP contribution in [0.4, 0.5) is 0 Å². The van der Waals surface area contributed by atoms with Crippen LogP contribution in [0.1, 0.15) is 40.0 Å². The summed E-state index contributed by atoms with van der Waals surface area (Å²) in [6, 6.07) is 1.38. The number of hydrogen-bond acceptors (Lipinski definition) is 3. The van der Waals surface area contributed by atoms with Gasteiger partial charge in [-0.05, 0) is 58.2 Å². The van der Waals surface area contributed by atoms with Gasteiger partial charge in [-0.3, -0.25) is 9.34 Å². The Morgan fingerprint density at radius 1 is 1.19 bits per heavy atom. The minimum absolute atomic E-state index is 0.0749. The Morgan fingerprint density at radius 3 is 2.12 bits per heavy atom. The fraction of sp³-hybridized carbons (Fsp3) is 0.917. The van der Waals surface area contributed by atoms with Gasteiger partial charge in [-0.1, -0.05) is 19.1 Å². The van der Waals surface area contributed by atoms with E-state index < -0.39 is 0 Å². The highest BCUT2D eigenvalue weighted by Crippen LogP contribution is 2.52. The molecule has 1 heterocycles. The maximum absolute atomic E-state index is 5.28. The van der Waals surface area contributed by atoms with Crippen LogP contribution in [-0.4, -0.2) is 46.5 Å². The number of hydrogen-bond donors (Lipinski definition) is 0. The van der Waals surface area contributed by atoms with E-state index in [9.17, 15) is 0 Å². The molecule has 0 N–H and O–H groups in total. The molecule has 4 heteroatoms. The second kappa shape index (κ2) is 6.39. The van der Waals surface area contributed by atoms with E-state index in [1.807, 2.05) is 0 Å². The van der Waals surface area contributed by atoms with E-state index in [1.165, 1.54) is 17.4 Å². The molecule has 0 radical (unpaired) electrons. The third-order valence-corrected chi connectivity index (χ3v) is 7.21. The van der Waals surface area contributed by atoms with Gasteiger partial charge in [-0.15, -0.1) is 0 Å². The number of rotatable bonds is 5. The zero-order valence-electron chi connectivity index (χ0n) is 11.2. The number of thiocarbonyl (C=S) groups is 1. The molecule has 0 bridgehead atoms. The molecular weight excluding hydrogens is 235 g/mol. The van der Waals surface area contributed by atoms with Crippen LogP contribution in [0.25, 0.3) is 0 Å². The lowest BCUT2D eigenvalue weighted by molar-refractivity contribution is 0.344. The van der Waals surface area contributed by atoms with Crippen molar-refractivity contribution in [1.82, 2.24) is 9.34 Å². The van der Waals surface area contributed by atoms with Gasteiger partial charge in [-0.25, -0.2) is 0 Å². The van der Waals surface area contributed by atoms with Gasteiger partial charge in [0, 0.05) is 20.3 Å². The fourth-order valence-corrected chi connectivity index (χ4v) is 5.07. The largest absolute Gasteiger partial charge is 0.269 e. The smallest absolute Gasteiger partial charge is 0.0395 e. The second-order valence-corrected chi connectivity index (χ2v) is 7.75. The SMILES string of the molecule is CCC(=S)CCCP1N(C)[C@H](C)[C@@H](C)N1C. The van der Waals surface area contributed by atoms with Crippen molar-refractivity contribution in [3.05, 3.63) is 0 Å². The summed E-state index contributed by atoms with van der Waals surface area (Å²) in [4.78, 5) is 1.24. The second-order valence-electron chi connectivity index (χ2n) is 4.72. The first-order valence-electron chi connectivity index (χ1n) is 6.23. The molecule has 0 spiro atoms. The van der Waals surface area contributed by atoms with Gasteiger partial charge < -0.3 is 0 Å². The fourth-order valence-electron chi connectivity index (χ4n) is 2.18. The molecule has 1 saturated heterocycles. The van der Waals surface area contributed by atoms with Gasteiger partial charge in [-0.2, -0.15) is 0 Å². The third kappa shape index (κ3) is 3.22. The number of likely N-dealkylation sites (N-methyl/N-ethyl adjacent to an activating group) is 2. The molecule has 0 aromatic heterocycles. The van der Waals surface area contributed by atoms with E-state index in [1.54, 1.807) is 0 Å². The maximum atomic E-state index is 5.28. The van der Waals surface area contributed by atoms with Gasteiger partial charge in [0.2, 0.25) is 0 Å². The molecular formula is C12H25N2PS. The first kappa shape index (κ1) is 14.5. The first-order chi connectivity index (χ1) is 7.49. The Balaban J connectivity index is 2.39. The summed E-state index contributed by atoms with van der Waals surface area (Å²) in [6.45, 7) is 6.83. The van der Waals surface area contributed by atoms with Gasteiger partial charge in [0.25, 0.3) is 0 Å². The van der Waals surface area contributed by atoms with Crippen LogP contribution in [0, 0.1) is 0 Å². The minimum atomic E-state index is -0.0749. The summed E-state index contributed by atoms with van der Waals surface area (Å²) in [5, 5.41) is 0. The highest BCUT2D eigenvalue weighted by molar-refractivity contribution is 7.80. The van der Waals surface area contributed by atoms with Crippen molar-refractivity contribution in [2.45, 2.75) is 52.1 Å². The standard InChI is InChI=1S/C12H25N2PS/c1-6-12(16)8-7-9-15-13(4)10(2)11(3)14(15)5/h10-11H,6-9H2,1-5H3/t10-,11-/m1/s1.